The van der Waals surface area contributed by atoms with Gasteiger partial charge in [0.05, 0.1) is 12.3 Å². The second-order valence-corrected chi connectivity index (χ2v) is 9.62. The van der Waals surface area contributed by atoms with Crippen molar-refractivity contribution in [1.29, 1.82) is 0 Å². The van der Waals surface area contributed by atoms with Crippen molar-refractivity contribution < 1.29 is 14.4 Å². The topological polar surface area (TPSA) is 70.8 Å². The lowest BCUT2D eigenvalue weighted by Gasteiger charge is -2.36. The lowest BCUT2D eigenvalue weighted by molar-refractivity contribution is 0.0802. The van der Waals surface area contributed by atoms with Crippen LogP contribution in [0.15, 0.2) is 16.7 Å². The number of fused-ring (bicyclic) bond motifs is 1. The van der Waals surface area contributed by atoms with Crippen LogP contribution in [-0.2, 0) is 6.42 Å². The molecule has 0 atom stereocenters. The van der Waals surface area contributed by atoms with E-state index in [9.17, 15) is 5.11 Å². The van der Waals surface area contributed by atoms with Crippen LogP contribution in [0.2, 0.25) is 0 Å². The predicted molar refractivity (Wildman–Crippen MR) is 128 cm³/mol. The van der Waals surface area contributed by atoms with Gasteiger partial charge in [-0.05, 0) is 84.3 Å². The van der Waals surface area contributed by atoms with Crippen LogP contribution in [0.5, 0.6) is 5.75 Å². The van der Waals surface area contributed by atoms with Gasteiger partial charge in [-0.15, -0.1) is 0 Å². The fourth-order valence-electron chi connectivity index (χ4n) is 4.15. The third-order valence-corrected chi connectivity index (χ3v) is 5.95. The molecular weight excluding hydrogens is 390 g/mol. The maximum atomic E-state index is 9.48. The molecule has 0 amide bonds. The maximum Gasteiger partial charge on any atom is 0.173 e. The van der Waals surface area contributed by atoms with Gasteiger partial charge in [-0.3, -0.25) is 0 Å². The molecule has 2 aromatic rings. The molecule has 0 radical (unpaired) electrons. The fraction of sp³-hybridized carbons (Fsp3) is 0.720. The Morgan fingerprint density at radius 1 is 1.26 bits per heavy atom. The third-order valence-electron chi connectivity index (χ3n) is 5.95. The Morgan fingerprint density at radius 2 is 1.94 bits per heavy atom. The molecule has 6 nitrogen and oxygen atoms in total. The number of hydrogen-bond donors (Lipinski definition) is 2. The van der Waals surface area contributed by atoms with Crippen LogP contribution in [0.25, 0.3) is 11.0 Å². The van der Waals surface area contributed by atoms with Crippen LogP contribution in [0.4, 0.5) is 0 Å². The second kappa shape index (κ2) is 12.4. The van der Waals surface area contributed by atoms with Crippen molar-refractivity contribution in [2.24, 2.45) is 11.3 Å². The molecule has 6 heteroatoms. The molecular formula is C25H43N3O3. The van der Waals surface area contributed by atoms with Crippen molar-refractivity contribution in [3.8, 4) is 5.75 Å². The van der Waals surface area contributed by atoms with Gasteiger partial charge >= 0.3 is 0 Å². The van der Waals surface area contributed by atoms with Crippen molar-refractivity contribution in [3.63, 3.8) is 0 Å². The molecule has 0 spiro atoms. The summed E-state index contributed by atoms with van der Waals surface area (Å²) in [4.78, 5) is 2.50. The summed E-state index contributed by atoms with van der Waals surface area (Å²) in [5, 5.41) is 17.7. The summed E-state index contributed by atoms with van der Waals surface area (Å²) in [6.45, 7) is 12.6. The van der Waals surface area contributed by atoms with Gasteiger partial charge in [-0.1, -0.05) is 25.9 Å². The number of rotatable bonds is 9. The van der Waals surface area contributed by atoms with Gasteiger partial charge in [0, 0.05) is 29.5 Å². The molecule has 0 saturated carbocycles. The van der Waals surface area contributed by atoms with E-state index in [1.807, 2.05) is 21.0 Å². The highest BCUT2D eigenvalue weighted by Crippen LogP contribution is 2.31. The van der Waals surface area contributed by atoms with Crippen LogP contribution in [-0.4, -0.2) is 62.1 Å². The highest BCUT2D eigenvalue weighted by atomic mass is 16.5. The number of hydrogen-bond acceptors (Lipinski definition) is 6. The minimum Gasteiger partial charge on any atom is -0.493 e. The molecule has 1 fully saturated rings. The van der Waals surface area contributed by atoms with Crippen molar-refractivity contribution in [1.82, 2.24) is 15.4 Å². The number of nitrogens with zero attached hydrogens (tertiary/aromatic N) is 2. The van der Waals surface area contributed by atoms with Gasteiger partial charge in [-0.2, -0.15) is 0 Å². The van der Waals surface area contributed by atoms with E-state index < -0.39 is 0 Å². The molecule has 3 rings (SSSR count). The van der Waals surface area contributed by atoms with E-state index >= 15 is 0 Å². The number of aliphatic hydroxyl groups is 1. The van der Waals surface area contributed by atoms with E-state index in [0.717, 1.165) is 79.4 Å². The lowest BCUT2D eigenvalue weighted by Crippen LogP contribution is -2.41. The molecule has 1 saturated heterocycles. The van der Waals surface area contributed by atoms with E-state index in [2.05, 4.69) is 48.3 Å². The Kier molecular flexibility index (Phi) is 10.3. The zero-order chi connectivity index (χ0) is 22.9. The van der Waals surface area contributed by atoms with Crippen molar-refractivity contribution in [2.45, 2.75) is 59.8 Å². The minimum absolute atomic E-state index is 0.00990. The van der Waals surface area contributed by atoms with E-state index in [-0.39, 0.29) is 12.0 Å². The number of likely N-dealkylation sites (tertiary alicyclic amines) is 1. The van der Waals surface area contributed by atoms with Crippen LogP contribution >= 0.6 is 0 Å². The molecule has 0 unspecified atom stereocenters. The Hall–Kier alpha value is -1.63. The van der Waals surface area contributed by atoms with E-state index in [1.165, 1.54) is 12.8 Å². The molecule has 0 bridgehead atoms. The number of aliphatic hydroxyl groups excluding tert-OH is 1. The normalized spacial score (nSPS) is 15.7. The average molecular weight is 434 g/mol. The average Bonchev–Trinajstić information content (AvgIpc) is 3.17. The monoisotopic (exact) mass is 433 g/mol. The summed E-state index contributed by atoms with van der Waals surface area (Å²) in [7, 11) is 3.75. The Morgan fingerprint density at radius 3 is 2.55 bits per heavy atom. The summed E-state index contributed by atoms with van der Waals surface area (Å²) < 4.78 is 11.5. The number of benzene rings is 1. The first-order valence-electron chi connectivity index (χ1n) is 11.8. The van der Waals surface area contributed by atoms with Crippen LogP contribution in [0, 0.1) is 18.3 Å². The highest BCUT2D eigenvalue weighted by Gasteiger charge is 2.25. The van der Waals surface area contributed by atoms with E-state index in [0.29, 0.717) is 0 Å². The standard InChI is InChI=1S/C23H36N2O3.C2H7N/c1-5-14-27-21-9-7-19-20(24-28-22(19)17(21)2)8-6-18-10-12-25(13-11-18)15-23(3,4)16-26;1-3-2/h7,9,18,26H,5-6,8,10-16H2,1-4H3;3H,1-2H3. The van der Waals surface area contributed by atoms with Gasteiger partial charge in [0.15, 0.2) is 5.58 Å². The Labute approximate surface area is 188 Å². The van der Waals surface area contributed by atoms with Gasteiger partial charge in [-0.25, -0.2) is 0 Å². The maximum absolute atomic E-state index is 9.48. The largest absolute Gasteiger partial charge is 0.493 e. The zero-order valence-electron chi connectivity index (χ0n) is 20.5. The molecule has 2 heterocycles. The first-order chi connectivity index (χ1) is 14.8. The van der Waals surface area contributed by atoms with Gasteiger partial charge < -0.3 is 24.6 Å². The quantitative estimate of drug-likeness (QED) is 0.610. The minimum atomic E-state index is -0.00990. The van der Waals surface area contributed by atoms with Gasteiger partial charge in [0.25, 0.3) is 0 Å². The summed E-state index contributed by atoms with van der Waals surface area (Å²) in [5.74, 6) is 1.64. The summed E-state index contributed by atoms with van der Waals surface area (Å²) in [6, 6.07) is 4.15. The third kappa shape index (κ3) is 7.48. The molecule has 1 aliphatic rings. The number of ether oxygens (including phenoxy) is 1. The molecule has 0 aliphatic carbocycles. The molecule has 1 aromatic carbocycles. The van der Waals surface area contributed by atoms with Crippen LogP contribution in [0.3, 0.4) is 0 Å². The smallest absolute Gasteiger partial charge is 0.173 e. The Bertz CT molecular complexity index is 780. The SMILES string of the molecule is CCCOc1ccc2c(CCC3CCN(CC(C)(C)CO)CC3)noc2c1C.CNC. The molecule has 2 N–H and O–H groups in total. The van der Waals surface area contributed by atoms with E-state index in [1.54, 1.807) is 0 Å². The fourth-order valence-corrected chi connectivity index (χ4v) is 4.15. The number of aromatic nitrogens is 1. The lowest BCUT2D eigenvalue weighted by atomic mass is 9.88. The summed E-state index contributed by atoms with van der Waals surface area (Å²) >= 11 is 0. The predicted octanol–water partition coefficient (Wildman–Crippen LogP) is 4.42. The highest BCUT2D eigenvalue weighted by molar-refractivity contribution is 5.84. The molecule has 176 valence electrons. The number of piperidine rings is 1. The first kappa shape index (κ1) is 25.6. The van der Waals surface area contributed by atoms with Crippen molar-refractivity contribution in [3.05, 3.63) is 23.4 Å². The van der Waals surface area contributed by atoms with Crippen LogP contribution in [0.1, 0.15) is 57.7 Å². The zero-order valence-corrected chi connectivity index (χ0v) is 20.5. The number of aryl methyl sites for hydroxylation is 2. The molecule has 1 aliphatic heterocycles. The van der Waals surface area contributed by atoms with Gasteiger partial charge in [0.2, 0.25) is 0 Å². The second-order valence-electron chi connectivity index (χ2n) is 9.62. The van der Waals surface area contributed by atoms with Crippen molar-refractivity contribution >= 4 is 11.0 Å². The first-order valence-corrected chi connectivity index (χ1v) is 11.8. The van der Waals surface area contributed by atoms with Crippen molar-refractivity contribution in [2.75, 3.05) is 46.9 Å². The molecule has 31 heavy (non-hydrogen) atoms. The number of nitrogens with one attached hydrogen (secondary N) is 1. The molecule has 1 aromatic heterocycles. The Balaban J connectivity index is 0.00000107. The van der Waals surface area contributed by atoms with Crippen LogP contribution < -0.4 is 10.1 Å². The van der Waals surface area contributed by atoms with Gasteiger partial charge in [0.1, 0.15) is 5.75 Å². The summed E-state index contributed by atoms with van der Waals surface area (Å²) in [6.07, 6.45) is 5.58. The summed E-state index contributed by atoms with van der Waals surface area (Å²) in [5.41, 5.74) is 2.97. The van der Waals surface area contributed by atoms with E-state index in [4.69, 9.17) is 9.26 Å².